The predicted octanol–water partition coefficient (Wildman–Crippen LogP) is 22.1. The smallest absolute Gasteiger partial charge is 0.135 e. The van der Waals surface area contributed by atoms with Crippen LogP contribution in [0.2, 0.25) is 0 Å². The molecule has 2 heterocycles. The number of unbranched alkanes of at least 4 members (excludes halogenated alkanes) is 36. The first-order valence-electron chi connectivity index (χ1n) is 33.4. The molecule has 6 nitrogen and oxygen atoms in total. The van der Waals surface area contributed by atoms with Crippen molar-refractivity contribution in [2.24, 2.45) is 0 Å². The van der Waals surface area contributed by atoms with E-state index in [4.69, 9.17) is 28.9 Å². The minimum Gasteiger partial charge on any atom is -0.494 e. The van der Waals surface area contributed by atoms with E-state index in [9.17, 15) is 0 Å². The summed E-state index contributed by atoms with van der Waals surface area (Å²) in [5.41, 5.74) is 4.91. The summed E-state index contributed by atoms with van der Waals surface area (Å²) in [6, 6.07) is 20.3. The highest BCUT2D eigenvalue weighted by Crippen LogP contribution is 2.27. The van der Waals surface area contributed by atoms with Gasteiger partial charge in [0.1, 0.15) is 23.0 Å². The molecule has 0 unspecified atom stereocenters. The van der Waals surface area contributed by atoms with Crippen LogP contribution in [0.4, 0.5) is 0 Å². The lowest BCUT2D eigenvalue weighted by molar-refractivity contribution is 0.295. The molecule has 0 amide bonds. The fraction of sp³-hybridized carbons (Fsp3) is 0.649. The summed E-state index contributed by atoms with van der Waals surface area (Å²) >= 11 is 0. The molecule has 0 spiro atoms. The van der Waals surface area contributed by atoms with Gasteiger partial charge >= 0.3 is 0 Å². The van der Waals surface area contributed by atoms with E-state index >= 15 is 0 Å². The SMILES string of the molecule is CCCCCCCCCCCCOc1ccc(OCCCCCCCCCCCC)c(C#Cc2ccc(-c3ccc(C#Cc4cc(OCCCCCCCCCCCC)ccc4OCCCCCCCCCCCC)cn3)nc2)c1. The van der Waals surface area contributed by atoms with Gasteiger partial charge in [0.2, 0.25) is 0 Å². The maximum Gasteiger partial charge on any atom is 0.135 e. The molecule has 4 rings (SSSR count). The zero-order valence-corrected chi connectivity index (χ0v) is 51.6. The molecule has 0 aliphatic rings. The third kappa shape index (κ3) is 33.1. The van der Waals surface area contributed by atoms with E-state index in [1.807, 2.05) is 73.1 Å². The molecule has 6 heteroatoms. The lowest BCUT2D eigenvalue weighted by atomic mass is 10.1. The van der Waals surface area contributed by atoms with Crippen LogP contribution in [0.1, 0.15) is 307 Å². The summed E-state index contributed by atoms with van der Waals surface area (Å²) < 4.78 is 25.3. The number of hydrogen-bond acceptors (Lipinski definition) is 6. The Labute approximate surface area is 490 Å². The number of nitrogens with zero attached hydrogens (tertiary/aromatic N) is 2. The van der Waals surface area contributed by atoms with Crippen LogP contribution >= 0.6 is 0 Å². The number of benzene rings is 2. The van der Waals surface area contributed by atoms with E-state index in [1.165, 1.54) is 231 Å². The van der Waals surface area contributed by atoms with Gasteiger partial charge in [-0.05, 0) is 86.3 Å². The van der Waals surface area contributed by atoms with Gasteiger partial charge in [0.25, 0.3) is 0 Å². The Morgan fingerprint density at radius 3 is 0.800 bits per heavy atom. The van der Waals surface area contributed by atoms with Crippen LogP contribution in [0.3, 0.4) is 0 Å². The first kappa shape index (κ1) is 67.6. The number of hydrogen-bond donors (Lipinski definition) is 0. The molecule has 0 aliphatic heterocycles. The van der Waals surface area contributed by atoms with Crippen molar-refractivity contribution in [3.8, 4) is 58.1 Å². The molecule has 2 aromatic carbocycles. The second-order valence-electron chi connectivity index (χ2n) is 22.8. The summed E-state index contributed by atoms with van der Waals surface area (Å²) in [6.45, 7) is 11.9. The van der Waals surface area contributed by atoms with E-state index in [-0.39, 0.29) is 0 Å². The first-order valence-corrected chi connectivity index (χ1v) is 33.4. The molecule has 0 atom stereocenters. The van der Waals surface area contributed by atoms with Crippen molar-refractivity contribution in [2.75, 3.05) is 26.4 Å². The zero-order chi connectivity index (χ0) is 56.4. The van der Waals surface area contributed by atoms with E-state index in [0.717, 1.165) is 82.3 Å². The zero-order valence-electron chi connectivity index (χ0n) is 51.6. The Hall–Kier alpha value is -4.94. The van der Waals surface area contributed by atoms with Gasteiger partial charge in [0, 0.05) is 23.5 Å². The van der Waals surface area contributed by atoms with Crippen LogP contribution in [0.25, 0.3) is 11.4 Å². The summed E-state index contributed by atoms with van der Waals surface area (Å²) in [5, 5.41) is 0. The molecule has 4 aromatic rings. The van der Waals surface area contributed by atoms with Crippen molar-refractivity contribution >= 4 is 0 Å². The Balaban J connectivity index is 1.35. The number of aromatic nitrogens is 2. The quantitative estimate of drug-likeness (QED) is 0.0324. The van der Waals surface area contributed by atoms with Gasteiger partial charge < -0.3 is 18.9 Å². The average Bonchev–Trinajstić information content (AvgIpc) is 3.48. The Morgan fingerprint density at radius 2 is 0.537 bits per heavy atom. The molecule has 0 bridgehead atoms. The van der Waals surface area contributed by atoms with Gasteiger partial charge in [-0.1, -0.05) is 283 Å². The first-order chi connectivity index (χ1) is 39.6. The largest absolute Gasteiger partial charge is 0.494 e. The van der Waals surface area contributed by atoms with E-state index in [1.54, 1.807) is 0 Å². The van der Waals surface area contributed by atoms with Crippen LogP contribution in [-0.4, -0.2) is 36.4 Å². The van der Waals surface area contributed by atoms with Crippen LogP contribution in [0, 0.1) is 23.7 Å². The summed E-state index contributed by atoms with van der Waals surface area (Å²) in [7, 11) is 0. The Morgan fingerprint density at radius 1 is 0.275 bits per heavy atom. The lowest BCUT2D eigenvalue weighted by Gasteiger charge is -2.11. The van der Waals surface area contributed by atoms with Gasteiger partial charge in [-0.2, -0.15) is 0 Å². The van der Waals surface area contributed by atoms with Crippen LogP contribution in [0.15, 0.2) is 73.1 Å². The lowest BCUT2D eigenvalue weighted by Crippen LogP contribution is -2.01. The third-order valence-corrected chi connectivity index (χ3v) is 15.4. The summed E-state index contributed by atoms with van der Waals surface area (Å²) in [5.74, 6) is 16.9. The third-order valence-electron chi connectivity index (χ3n) is 15.4. The molecule has 0 radical (unpaired) electrons. The minimum atomic E-state index is 0.689. The summed E-state index contributed by atoms with van der Waals surface area (Å²) in [6.07, 6.45) is 55.8. The highest BCUT2D eigenvalue weighted by molar-refractivity contribution is 5.58. The van der Waals surface area contributed by atoms with Gasteiger partial charge in [0.05, 0.1) is 48.9 Å². The van der Waals surface area contributed by atoms with Crippen LogP contribution < -0.4 is 18.9 Å². The monoisotopic (exact) mass is 1090 g/mol. The fourth-order valence-corrected chi connectivity index (χ4v) is 10.3. The number of pyridine rings is 2. The molecule has 442 valence electrons. The molecule has 2 aromatic heterocycles. The molecule has 0 aliphatic carbocycles. The van der Waals surface area contributed by atoms with Crippen LogP contribution in [-0.2, 0) is 0 Å². The molecular formula is C74H112N2O4. The molecular weight excluding hydrogens is 981 g/mol. The van der Waals surface area contributed by atoms with Crippen molar-refractivity contribution in [2.45, 2.75) is 285 Å². The molecule has 80 heavy (non-hydrogen) atoms. The normalized spacial score (nSPS) is 11.0. The van der Waals surface area contributed by atoms with Crippen molar-refractivity contribution in [1.82, 2.24) is 9.97 Å². The van der Waals surface area contributed by atoms with Gasteiger partial charge in [-0.3, -0.25) is 9.97 Å². The molecule has 0 saturated heterocycles. The van der Waals surface area contributed by atoms with Gasteiger partial charge in [-0.25, -0.2) is 0 Å². The topological polar surface area (TPSA) is 62.7 Å². The van der Waals surface area contributed by atoms with Crippen molar-refractivity contribution in [1.29, 1.82) is 0 Å². The Kier molecular flexibility index (Phi) is 40.3. The number of ether oxygens (including phenoxy) is 4. The molecule has 0 fully saturated rings. The maximum atomic E-state index is 6.38. The van der Waals surface area contributed by atoms with E-state index < -0.39 is 0 Å². The van der Waals surface area contributed by atoms with Crippen molar-refractivity contribution in [3.63, 3.8) is 0 Å². The highest BCUT2D eigenvalue weighted by Gasteiger charge is 2.09. The summed E-state index contributed by atoms with van der Waals surface area (Å²) in [4.78, 5) is 9.58. The molecule has 0 saturated carbocycles. The maximum absolute atomic E-state index is 6.38. The predicted molar refractivity (Wildman–Crippen MR) is 342 cm³/mol. The average molecular weight is 1090 g/mol. The van der Waals surface area contributed by atoms with Crippen LogP contribution in [0.5, 0.6) is 23.0 Å². The van der Waals surface area contributed by atoms with Crippen molar-refractivity contribution < 1.29 is 18.9 Å². The minimum absolute atomic E-state index is 0.689. The number of rotatable bonds is 49. The molecule has 0 N–H and O–H groups in total. The Bertz CT molecular complexity index is 2070. The van der Waals surface area contributed by atoms with Gasteiger partial charge in [0.15, 0.2) is 0 Å². The van der Waals surface area contributed by atoms with E-state index in [2.05, 4.69) is 51.4 Å². The highest BCUT2D eigenvalue weighted by atomic mass is 16.5. The second kappa shape index (κ2) is 47.7. The second-order valence-corrected chi connectivity index (χ2v) is 22.8. The standard InChI is InChI=1S/C74H112N2O4/c1-5-9-13-17-21-25-29-33-37-41-57-77-69-51-55-73(79-59-43-39-35-31-27-23-19-15-11-7-3)67(61-69)49-45-65-47-53-71(75-63-65)72-54-48-66(64-76-72)46-50-68-62-70(78-58-42-38-34-30-26-22-18-14-10-6-2)52-56-74(68)80-60-44-40-36-32-28-24-20-16-12-8-4/h47-48,51-56,61-64H,5-44,57-60H2,1-4H3. The van der Waals surface area contributed by atoms with E-state index in [0.29, 0.717) is 26.4 Å². The fourth-order valence-electron chi connectivity index (χ4n) is 10.3. The van der Waals surface area contributed by atoms with Crippen molar-refractivity contribution in [3.05, 3.63) is 95.3 Å². The van der Waals surface area contributed by atoms with Gasteiger partial charge in [-0.15, -0.1) is 0 Å².